The Kier molecular flexibility index (Phi) is 2.69. The van der Waals surface area contributed by atoms with Crippen molar-refractivity contribution in [3.8, 4) is 11.1 Å². The van der Waals surface area contributed by atoms with Crippen LogP contribution in [-0.4, -0.2) is 12.3 Å². The molecule has 0 spiro atoms. The maximum atomic E-state index is 5.25. The Bertz CT molecular complexity index is 581. The van der Waals surface area contributed by atoms with Crippen LogP contribution in [0.1, 0.15) is 11.1 Å². The van der Waals surface area contributed by atoms with E-state index >= 15 is 0 Å². The van der Waals surface area contributed by atoms with Crippen molar-refractivity contribution in [2.75, 3.05) is 6.61 Å². The fourth-order valence-electron chi connectivity index (χ4n) is 2.25. The van der Waals surface area contributed by atoms with E-state index in [2.05, 4.69) is 36.0 Å². The molecule has 0 unspecified atom stereocenters. The first-order chi connectivity index (χ1) is 8.92. The van der Waals surface area contributed by atoms with E-state index in [9.17, 15) is 0 Å². The second kappa shape index (κ2) is 4.49. The van der Waals surface area contributed by atoms with Crippen molar-refractivity contribution in [3.05, 3.63) is 72.3 Å². The van der Waals surface area contributed by atoms with Crippen molar-refractivity contribution in [1.82, 2.24) is 0 Å². The molecular formula is C16H13NO. The minimum atomic E-state index is 0.424. The van der Waals surface area contributed by atoms with Crippen LogP contribution in [0.2, 0.25) is 0 Å². The lowest BCUT2D eigenvalue weighted by Crippen LogP contribution is -1.99. The van der Waals surface area contributed by atoms with E-state index in [1.165, 1.54) is 11.1 Å². The molecule has 3 rings (SSSR count). The second-order valence-electron chi connectivity index (χ2n) is 4.12. The molecule has 2 aromatic carbocycles. The van der Waals surface area contributed by atoms with Crippen molar-refractivity contribution in [3.63, 3.8) is 0 Å². The first-order valence-electron chi connectivity index (χ1n) is 5.92. The summed E-state index contributed by atoms with van der Waals surface area (Å²) < 4.78 is 0. The lowest BCUT2D eigenvalue weighted by atomic mass is 10.1. The smallest absolute Gasteiger partial charge is 0.135 e. The predicted octanol–water partition coefficient (Wildman–Crippen LogP) is 3.62. The summed E-state index contributed by atoms with van der Waals surface area (Å²) in [5, 5.41) is 4.24. The van der Waals surface area contributed by atoms with Gasteiger partial charge in [0, 0.05) is 11.1 Å². The maximum Gasteiger partial charge on any atom is 0.135 e. The minimum absolute atomic E-state index is 0.424. The molecule has 2 heteroatoms. The van der Waals surface area contributed by atoms with E-state index in [0.717, 1.165) is 16.8 Å². The largest absolute Gasteiger partial charge is 0.391 e. The summed E-state index contributed by atoms with van der Waals surface area (Å²) in [5.74, 6) is 0. The highest BCUT2D eigenvalue weighted by Crippen LogP contribution is 2.36. The van der Waals surface area contributed by atoms with Crippen LogP contribution in [-0.2, 0) is 4.84 Å². The van der Waals surface area contributed by atoms with Gasteiger partial charge in [0.1, 0.15) is 12.3 Å². The molecule has 0 saturated heterocycles. The summed E-state index contributed by atoms with van der Waals surface area (Å²) in [4.78, 5) is 5.25. The lowest BCUT2D eigenvalue weighted by Gasteiger charge is -2.00. The van der Waals surface area contributed by atoms with E-state index in [1.807, 2.05) is 24.3 Å². The van der Waals surface area contributed by atoms with Crippen molar-refractivity contribution in [2.45, 2.75) is 0 Å². The van der Waals surface area contributed by atoms with Crippen LogP contribution in [0, 0.1) is 0 Å². The van der Waals surface area contributed by atoms with Crippen LogP contribution in [0.15, 0.2) is 66.3 Å². The number of hydrogen-bond donors (Lipinski definition) is 0. The average molecular weight is 235 g/mol. The molecule has 2 aromatic rings. The Hall–Kier alpha value is -2.35. The first-order valence-corrected chi connectivity index (χ1v) is 5.92. The number of fused-ring (bicyclic) bond motifs is 3. The highest BCUT2D eigenvalue weighted by Gasteiger charge is 2.24. The van der Waals surface area contributed by atoms with Crippen molar-refractivity contribution in [2.24, 2.45) is 5.16 Å². The zero-order valence-corrected chi connectivity index (χ0v) is 9.97. The summed E-state index contributed by atoms with van der Waals surface area (Å²) in [6.07, 6.45) is 1.69. The van der Waals surface area contributed by atoms with Crippen LogP contribution < -0.4 is 0 Å². The molecule has 0 saturated carbocycles. The lowest BCUT2D eigenvalue weighted by molar-refractivity contribution is 0.175. The van der Waals surface area contributed by atoms with Crippen LogP contribution in [0.25, 0.3) is 11.1 Å². The molecule has 0 aliphatic heterocycles. The molecule has 0 aromatic heterocycles. The van der Waals surface area contributed by atoms with E-state index in [4.69, 9.17) is 4.84 Å². The van der Waals surface area contributed by atoms with Gasteiger partial charge in [0.05, 0.1) is 0 Å². The van der Waals surface area contributed by atoms with Gasteiger partial charge >= 0.3 is 0 Å². The van der Waals surface area contributed by atoms with Crippen LogP contribution >= 0.6 is 0 Å². The van der Waals surface area contributed by atoms with Gasteiger partial charge in [-0.1, -0.05) is 66.3 Å². The van der Waals surface area contributed by atoms with E-state index in [0.29, 0.717) is 6.61 Å². The Balaban J connectivity index is 2.15. The third-order valence-corrected chi connectivity index (χ3v) is 3.00. The number of rotatable bonds is 3. The van der Waals surface area contributed by atoms with Gasteiger partial charge in [-0.3, -0.25) is 0 Å². The van der Waals surface area contributed by atoms with Gasteiger partial charge in [0.25, 0.3) is 0 Å². The molecule has 0 amide bonds. The Labute approximate surface area is 106 Å². The van der Waals surface area contributed by atoms with E-state index < -0.39 is 0 Å². The van der Waals surface area contributed by atoms with Gasteiger partial charge in [0.15, 0.2) is 0 Å². The summed E-state index contributed by atoms with van der Waals surface area (Å²) in [7, 11) is 0. The van der Waals surface area contributed by atoms with Crippen molar-refractivity contribution < 1.29 is 4.84 Å². The van der Waals surface area contributed by atoms with Gasteiger partial charge in [-0.25, -0.2) is 0 Å². The van der Waals surface area contributed by atoms with Crippen LogP contribution in [0.4, 0.5) is 0 Å². The fourth-order valence-corrected chi connectivity index (χ4v) is 2.25. The summed E-state index contributed by atoms with van der Waals surface area (Å²) in [5.41, 5.74) is 5.59. The van der Waals surface area contributed by atoms with Gasteiger partial charge in [-0.2, -0.15) is 0 Å². The van der Waals surface area contributed by atoms with Gasteiger partial charge < -0.3 is 4.84 Å². The molecule has 2 nitrogen and oxygen atoms in total. The number of nitrogens with zero attached hydrogens (tertiary/aromatic N) is 1. The predicted molar refractivity (Wildman–Crippen MR) is 73.7 cm³/mol. The molecule has 1 aliphatic rings. The topological polar surface area (TPSA) is 21.6 Å². The molecule has 1 aliphatic carbocycles. The molecule has 0 fully saturated rings. The quantitative estimate of drug-likeness (QED) is 0.386. The monoisotopic (exact) mass is 235 g/mol. The SMILES string of the molecule is C=CCON=C1c2ccccc2-c2ccccc21. The van der Waals surface area contributed by atoms with Crippen LogP contribution in [0.5, 0.6) is 0 Å². The Morgan fingerprint density at radius 2 is 1.39 bits per heavy atom. The minimum Gasteiger partial charge on any atom is -0.391 e. The average Bonchev–Trinajstić information content (AvgIpc) is 2.74. The van der Waals surface area contributed by atoms with Gasteiger partial charge in [-0.05, 0) is 11.1 Å². The maximum absolute atomic E-state index is 5.25. The standard InChI is InChI=1S/C16H13NO/c1-2-11-18-17-16-14-9-5-3-7-12(14)13-8-4-6-10-15(13)16/h2-10H,1,11H2. The summed E-state index contributed by atoms with van der Waals surface area (Å²) in [6.45, 7) is 4.04. The molecule has 0 heterocycles. The van der Waals surface area contributed by atoms with Crippen molar-refractivity contribution in [1.29, 1.82) is 0 Å². The van der Waals surface area contributed by atoms with E-state index in [1.54, 1.807) is 6.08 Å². The third kappa shape index (κ3) is 1.63. The highest BCUT2D eigenvalue weighted by atomic mass is 16.6. The molecule has 88 valence electrons. The Morgan fingerprint density at radius 3 is 1.89 bits per heavy atom. The highest BCUT2D eigenvalue weighted by molar-refractivity contribution is 6.24. The van der Waals surface area contributed by atoms with E-state index in [-0.39, 0.29) is 0 Å². The normalized spacial score (nSPS) is 11.7. The second-order valence-corrected chi connectivity index (χ2v) is 4.12. The van der Waals surface area contributed by atoms with Gasteiger partial charge in [0.2, 0.25) is 0 Å². The first kappa shape index (κ1) is 10.8. The number of oxime groups is 1. The number of hydrogen-bond acceptors (Lipinski definition) is 2. The summed E-state index contributed by atoms with van der Waals surface area (Å²) in [6, 6.07) is 16.5. The van der Waals surface area contributed by atoms with Gasteiger partial charge in [-0.15, -0.1) is 0 Å². The molecule has 0 atom stereocenters. The zero-order valence-electron chi connectivity index (χ0n) is 9.97. The zero-order chi connectivity index (χ0) is 12.4. The molecule has 0 radical (unpaired) electrons. The molecule has 0 N–H and O–H groups in total. The summed E-state index contributed by atoms with van der Waals surface area (Å²) >= 11 is 0. The fraction of sp³-hybridized carbons (Fsp3) is 0.0625. The van der Waals surface area contributed by atoms with Crippen LogP contribution in [0.3, 0.4) is 0 Å². The molecule has 18 heavy (non-hydrogen) atoms. The molecule has 0 bridgehead atoms. The number of benzene rings is 2. The Morgan fingerprint density at radius 1 is 0.889 bits per heavy atom. The third-order valence-electron chi connectivity index (χ3n) is 3.00. The molecular weight excluding hydrogens is 222 g/mol. The van der Waals surface area contributed by atoms with Crippen molar-refractivity contribution >= 4 is 5.71 Å².